The minimum Gasteiger partial charge on any atom is -0.465 e. The molecular weight excluding hydrogens is 409 g/mol. The van der Waals surface area contributed by atoms with Gasteiger partial charge in [-0.05, 0) is 48.3 Å². The Labute approximate surface area is 168 Å². The number of hydrogen-bond acceptors (Lipinski definition) is 3. The Balaban J connectivity index is 2.01. The van der Waals surface area contributed by atoms with E-state index in [4.69, 9.17) is 5.11 Å². The minimum absolute atomic E-state index is 0.0626. The van der Waals surface area contributed by atoms with Crippen molar-refractivity contribution in [1.82, 2.24) is 9.62 Å². The quantitative estimate of drug-likeness (QED) is 0.758. The predicted octanol–water partition coefficient (Wildman–Crippen LogP) is 3.79. The lowest BCUT2D eigenvalue weighted by atomic mass is 9.78. The monoisotopic (exact) mass is 434 g/mol. The maximum atomic E-state index is 13.4. The zero-order valence-corrected chi connectivity index (χ0v) is 17.2. The Morgan fingerprint density at radius 3 is 2.38 bits per heavy atom. The molecule has 1 aliphatic heterocycles. The van der Waals surface area contributed by atoms with Gasteiger partial charge < -0.3 is 10.4 Å². The molecule has 0 bridgehead atoms. The van der Waals surface area contributed by atoms with Crippen molar-refractivity contribution in [2.24, 2.45) is 17.3 Å². The van der Waals surface area contributed by atoms with Crippen molar-refractivity contribution in [3.8, 4) is 0 Å². The molecule has 29 heavy (non-hydrogen) atoms. The molecule has 1 saturated carbocycles. The number of carboxylic acid groups (broad SMARTS) is 1. The summed E-state index contributed by atoms with van der Waals surface area (Å²) in [6.45, 7) is 5.77. The molecule has 1 unspecified atom stereocenters. The van der Waals surface area contributed by atoms with Crippen LogP contribution in [0.3, 0.4) is 0 Å². The first-order valence-corrected chi connectivity index (χ1v) is 10.9. The van der Waals surface area contributed by atoms with Crippen LogP contribution in [0, 0.1) is 17.3 Å². The van der Waals surface area contributed by atoms with Gasteiger partial charge >= 0.3 is 12.3 Å². The molecule has 10 heteroatoms. The second-order valence-electron chi connectivity index (χ2n) is 8.87. The van der Waals surface area contributed by atoms with Crippen LogP contribution in [0.25, 0.3) is 0 Å². The third-order valence-electron chi connectivity index (χ3n) is 5.95. The van der Waals surface area contributed by atoms with E-state index in [0.717, 1.165) is 12.1 Å². The molecule has 2 fully saturated rings. The van der Waals surface area contributed by atoms with E-state index < -0.39 is 44.2 Å². The van der Waals surface area contributed by atoms with Gasteiger partial charge in [-0.2, -0.15) is 17.5 Å². The first-order valence-electron chi connectivity index (χ1n) is 9.41. The molecule has 1 saturated heterocycles. The van der Waals surface area contributed by atoms with Gasteiger partial charge in [-0.15, -0.1) is 0 Å². The number of halogens is 3. The molecule has 162 valence electrons. The molecule has 2 N–H and O–H groups in total. The first-order chi connectivity index (χ1) is 13.2. The van der Waals surface area contributed by atoms with E-state index >= 15 is 0 Å². The summed E-state index contributed by atoms with van der Waals surface area (Å²) < 4.78 is 67.3. The van der Waals surface area contributed by atoms with Crippen LogP contribution in [-0.4, -0.2) is 42.6 Å². The Bertz CT molecular complexity index is 895. The largest absolute Gasteiger partial charge is 0.465 e. The van der Waals surface area contributed by atoms with Gasteiger partial charge in [-0.1, -0.05) is 26.8 Å². The SMILES string of the molecule is CC(C)(C)C1[C@H]2CC[C@H](NC(=O)O)[C@H]2CN1S(=O)(=O)c1cccc(C(F)(F)F)c1. The maximum Gasteiger partial charge on any atom is 0.416 e. The number of rotatable bonds is 3. The summed E-state index contributed by atoms with van der Waals surface area (Å²) in [7, 11) is -4.19. The van der Waals surface area contributed by atoms with E-state index in [-0.39, 0.29) is 24.4 Å². The van der Waals surface area contributed by atoms with Gasteiger partial charge in [0.15, 0.2) is 0 Å². The molecule has 3 rings (SSSR count). The molecule has 1 aromatic carbocycles. The first kappa shape index (κ1) is 21.9. The van der Waals surface area contributed by atoms with E-state index in [1.54, 1.807) is 0 Å². The van der Waals surface area contributed by atoms with Crippen LogP contribution in [0.1, 0.15) is 39.2 Å². The van der Waals surface area contributed by atoms with Gasteiger partial charge in [0.1, 0.15) is 0 Å². The lowest BCUT2D eigenvalue weighted by Crippen LogP contribution is -2.46. The predicted molar refractivity (Wildman–Crippen MR) is 99.7 cm³/mol. The van der Waals surface area contributed by atoms with Gasteiger partial charge in [0.25, 0.3) is 0 Å². The zero-order valence-electron chi connectivity index (χ0n) is 16.4. The Morgan fingerprint density at radius 1 is 1.17 bits per heavy atom. The highest BCUT2D eigenvalue weighted by molar-refractivity contribution is 7.89. The summed E-state index contributed by atoms with van der Waals surface area (Å²) >= 11 is 0. The third kappa shape index (κ3) is 4.09. The average Bonchev–Trinajstić information content (AvgIpc) is 3.13. The molecule has 1 aliphatic carbocycles. The molecule has 1 amide bonds. The van der Waals surface area contributed by atoms with Crippen molar-refractivity contribution in [3.63, 3.8) is 0 Å². The number of hydrogen-bond donors (Lipinski definition) is 2. The third-order valence-corrected chi connectivity index (χ3v) is 7.79. The Morgan fingerprint density at radius 2 is 1.83 bits per heavy atom. The molecular formula is C19H25F3N2O4S. The number of nitrogens with one attached hydrogen (secondary N) is 1. The van der Waals surface area contributed by atoms with Crippen molar-refractivity contribution in [1.29, 1.82) is 0 Å². The highest BCUT2D eigenvalue weighted by atomic mass is 32.2. The molecule has 6 nitrogen and oxygen atoms in total. The van der Waals surface area contributed by atoms with Gasteiger partial charge in [0.2, 0.25) is 10.0 Å². The van der Waals surface area contributed by atoms with Crippen LogP contribution in [0.15, 0.2) is 29.2 Å². The van der Waals surface area contributed by atoms with E-state index in [1.165, 1.54) is 10.4 Å². The maximum absolute atomic E-state index is 13.4. The smallest absolute Gasteiger partial charge is 0.416 e. The van der Waals surface area contributed by atoms with Crippen molar-refractivity contribution >= 4 is 16.1 Å². The van der Waals surface area contributed by atoms with Gasteiger partial charge in [0.05, 0.1) is 10.5 Å². The number of alkyl halides is 3. The summed E-state index contributed by atoms with van der Waals surface area (Å²) in [5, 5.41) is 11.6. The fourth-order valence-electron chi connectivity index (χ4n) is 4.92. The molecule has 1 aromatic rings. The van der Waals surface area contributed by atoms with Crippen molar-refractivity contribution in [3.05, 3.63) is 29.8 Å². The Hall–Kier alpha value is -1.81. The van der Waals surface area contributed by atoms with Crippen molar-refractivity contribution in [2.45, 2.75) is 56.8 Å². The van der Waals surface area contributed by atoms with E-state index in [0.29, 0.717) is 18.9 Å². The number of benzene rings is 1. The number of sulfonamides is 1. The van der Waals surface area contributed by atoms with E-state index in [2.05, 4.69) is 5.32 Å². The van der Waals surface area contributed by atoms with Crippen LogP contribution in [-0.2, 0) is 16.2 Å². The molecule has 4 atom stereocenters. The zero-order chi connectivity index (χ0) is 21.8. The second-order valence-corrected chi connectivity index (χ2v) is 10.8. The highest BCUT2D eigenvalue weighted by Gasteiger charge is 2.56. The normalized spacial score (nSPS) is 28.3. The average molecular weight is 434 g/mol. The van der Waals surface area contributed by atoms with Gasteiger partial charge in [-0.25, -0.2) is 13.2 Å². The van der Waals surface area contributed by atoms with Gasteiger partial charge in [0, 0.05) is 18.6 Å². The van der Waals surface area contributed by atoms with Crippen LogP contribution in [0.4, 0.5) is 18.0 Å². The van der Waals surface area contributed by atoms with E-state index in [1.807, 2.05) is 20.8 Å². The van der Waals surface area contributed by atoms with Crippen LogP contribution in [0.2, 0.25) is 0 Å². The number of fused-ring (bicyclic) bond motifs is 1. The fourth-order valence-corrected chi connectivity index (χ4v) is 6.85. The Kier molecular flexibility index (Phi) is 5.40. The van der Waals surface area contributed by atoms with Crippen LogP contribution >= 0.6 is 0 Å². The van der Waals surface area contributed by atoms with Crippen molar-refractivity contribution < 1.29 is 31.5 Å². The molecule has 0 radical (unpaired) electrons. The summed E-state index contributed by atoms with van der Waals surface area (Å²) in [5.74, 6) is -0.275. The fraction of sp³-hybridized carbons (Fsp3) is 0.632. The summed E-state index contributed by atoms with van der Waals surface area (Å²) in [6, 6.07) is 2.96. The number of nitrogens with zero attached hydrogens (tertiary/aromatic N) is 1. The molecule has 2 aliphatic rings. The molecule has 0 spiro atoms. The number of amides is 1. The summed E-state index contributed by atoms with van der Waals surface area (Å²) in [5.41, 5.74) is -1.48. The number of carbonyl (C=O) groups is 1. The van der Waals surface area contributed by atoms with Crippen molar-refractivity contribution in [2.75, 3.05) is 6.54 Å². The standard InChI is InChI=1S/C19H25F3N2O4S/c1-18(2,3)16-13-7-8-15(23-17(25)26)14(13)10-24(16)29(27,28)12-6-4-5-11(9-12)19(20,21)22/h4-6,9,13-16,23H,7-8,10H2,1-3H3,(H,25,26)/t13-,14-,15-,16?/m0/s1. The lowest BCUT2D eigenvalue weighted by molar-refractivity contribution is -0.137. The second kappa shape index (κ2) is 7.16. The minimum atomic E-state index is -4.65. The van der Waals surface area contributed by atoms with E-state index in [9.17, 15) is 26.4 Å². The van der Waals surface area contributed by atoms with Crippen LogP contribution < -0.4 is 5.32 Å². The lowest BCUT2D eigenvalue weighted by Gasteiger charge is -2.37. The van der Waals surface area contributed by atoms with Crippen LogP contribution in [0.5, 0.6) is 0 Å². The summed E-state index contributed by atoms with van der Waals surface area (Å²) in [6.07, 6.45) is -4.53. The topological polar surface area (TPSA) is 86.7 Å². The molecule has 1 heterocycles. The molecule has 0 aromatic heterocycles. The van der Waals surface area contributed by atoms with Gasteiger partial charge in [-0.3, -0.25) is 0 Å². The summed E-state index contributed by atoms with van der Waals surface area (Å²) in [4.78, 5) is 10.7. The highest BCUT2D eigenvalue weighted by Crippen LogP contribution is 2.50.